The summed E-state index contributed by atoms with van der Waals surface area (Å²) in [5.74, 6) is -1.36. The number of benzene rings is 3. The van der Waals surface area contributed by atoms with E-state index < -0.39 is 17.6 Å². The van der Waals surface area contributed by atoms with Crippen LogP contribution in [-0.4, -0.2) is 16.7 Å². The van der Waals surface area contributed by atoms with Gasteiger partial charge in [-0.3, -0.25) is 14.5 Å². The van der Waals surface area contributed by atoms with Crippen LogP contribution >= 0.6 is 11.6 Å². The Labute approximate surface area is 172 Å². The summed E-state index contributed by atoms with van der Waals surface area (Å²) in [4.78, 5) is 27.5. The van der Waals surface area contributed by atoms with Gasteiger partial charge in [0.2, 0.25) is 0 Å². The number of amides is 2. The molecule has 0 bridgehead atoms. The molecule has 0 fully saturated rings. The normalized spacial score (nSPS) is 13.9. The van der Waals surface area contributed by atoms with Crippen LogP contribution in [0.15, 0.2) is 84.6 Å². The minimum absolute atomic E-state index is 0.0437. The SMILES string of the molecule is O=C1C(Nc2cccc(F)c2)=C(c2ccccc2)C(=O)N1Cc1ccccc1Cl. The molecular formula is C23H16ClFN2O2. The molecule has 29 heavy (non-hydrogen) atoms. The van der Waals surface area contributed by atoms with Crippen LogP contribution in [0.3, 0.4) is 0 Å². The highest BCUT2D eigenvalue weighted by Crippen LogP contribution is 2.32. The number of halogens is 2. The third-order valence-corrected chi connectivity index (χ3v) is 4.98. The molecule has 144 valence electrons. The summed E-state index contributed by atoms with van der Waals surface area (Å²) in [7, 11) is 0. The molecule has 4 rings (SSSR count). The highest BCUT2D eigenvalue weighted by Gasteiger charge is 2.39. The van der Waals surface area contributed by atoms with Crippen molar-refractivity contribution in [3.63, 3.8) is 0 Å². The average molecular weight is 407 g/mol. The van der Waals surface area contributed by atoms with Crippen molar-refractivity contribution in [1.82, 2.24) is 4.90 Å². The average Bonchev–Trinajstić information content (AvgIpc) is 2.94. The Balaban J connectivity index is 1.75. The standard InChI is InChI=1S/C23H16ClFN2O2/c24-19-12-5-4-9-16(19)14-27-22(28)20(15-7-2-1-3-8-15)21(23(27)29)26-18-11-6-10-17(25)13-18/h1-13,26H,14H2. The molecule has 0 spiro atoms. The van der Waals surface area contributed by atoms with Crippen LogP contribution in [0.2, 0.25) is 5.02 Å². The molecule has 6 heteroatoms. The molecule has 0 unspecified atom stereocenters. The smallest absolute Gasteiger partial charge is 0.278 e. The fourth-order valence-electron chi connectivity index (χ4n) is 3.22. The largest absolute Gasteiger partial charge is 0.350 e. The molecule has 0 saturated carbocycles. The second kappa shape index (κ2) is 7.89. The summed E-state index contributed by atoms with van der Waals surface area (Å²) in [6, 6.07) is 21.7. The number of rotatable bonds is 5. The molecule has 3 aromatic carbocycles. The molecule has 1 heterocycles. The third-order valence-electron chi connectivity index (χ3n) is 4.61. The van der Waals surface area contributed by atoms with Crippen molar-refractivity contribution >= 4 is 34.7 Å². The summed E-state index contributed by atoms with van der Waals surface area (Å²) in [6.07, 6.45) is 0. The molecule has 1 aliphatic rings. The van der Waals surface area contributed by atoms with Gasteiger partial charge in [0.25, 0.3) is 11.8 Å². The lowest BCUT2D eigenvalue weighted by atomic mass is 10.0. The van der Waals surface area contributed by atoms with E-state index in [9.17, 15) is 14.0 Å². The zero-order valence-corrected chi connectivity index (χ0v) is 16.0. The van der Waals surface area contributed by atoms with Gasteiger partial charge in [-0.1, -0.05) is 66.2 Å². The fourth-order valence-corrected chi connectivity index (χ4v) is 3.41. The van der Waals surface area contributed by atoms with Crippen LogP contribution in [-0.2, 0) is 16.1 Å². The van der Waals surface area contributed by atoms with Crippen LogP contribution in [0.5, 0.6) is 0 Å². The van der Waals surface area contributed by atoms with E-state index in [-0.39, 0.29) is 17.8 Å². The number of anilines is 1. The third kappa shape index (κ3) is 3.77. The van der Waals surface area contributed by atoms with Gasteiger partial charge >= 0.3 is 0 Å². The molecule has 0 aliphatic carbocycles. The first-order chi connectivity index (χ1) is 14.0. The summed E-state index contributed by atoms with van der Waals surface area (Å²) in [5, 5.41) is 3.41. The van der Waals surface area contributed by atoms with Gasteiger partial charge < -0.3 is 5.32 Å². The first-order valence-electron chi connectivity index (χ1n) is 8.96. The quantitative estimate of drug-likeness (QED) is 0.615. The van der Waals surface area contributed by atoms with Gasteiger partial charge in [0.15, 0.2) is 0 Å². The van der Waals surface area contributed by atoms with Crippen molar-refractivity contribution < 1.29 is 14.0 Å². The number of hydrogen-bond donors (Lipinski definition) is 1. The second-order valence-electron chi connectivity index (χ2n) is 6.54. The Morgan fingerprint density at radius 1 is 0.862 bits per heavy atom. The van der Waals surface area contributed by atoms with E-state index in [2.05, 4.69) is 5.32 Å². The Bertz CT molecular complexity index is 1130. The highest BCUT2D eigenvalue weighted by atomic mass is 35.5. The van der Waals surface area contributed by atoms with Crippen LogP contribution in [0.1, 0.15) is 11.1 Å². The van der Waals surface area contributed by atoms with Gasteiger partial charge in [-0.25, -0.2) is 4.39 Å². The molecule has 1 aliphatic heterocycles. The van der Waals surface area contributed by atoms with E-state index in [0.717, 1.165) is 4.90 Å². The summed E-state index contributed by atoms with van der Waals surface area (Å²) in [6.45, 7) is 0.0437. The van der Waals surface area contributed by atoms with Crippen LogP contribution < -0.4 is 5.32 Å². The first kappa shape index (κ1) is 18.9. The number of nitrogens with zero attached hydrogens (tertiary/aromatic N) is 1. The summed E-state index contributed by atoms with van der Waals surface area (Å²) < 4.78 is 13.6. The molecule has 3 aromatic rings. The number of hydrogen-bond acceptors (Lipinski definition) is 3. The maximum Gasteiger partial charge on any atom is 0.278 e. The van der Waals surface area contributed by atoms with Gasteiger partial charge in [0.1, 0.15) is 11.5 Å². The monoisotopic (exact) mass is 406 g/mol. The molecule has 0 aromatic heterocycles. The molecule has 4 nitrogen and oxygen atoms in total. The van der Waals surface area contributed by atoms with Crippen LogP contribution in [0.4, 0.5) is 10.1 Å². The molecule has 0 saturated heterocycles. The van der Waals surface area contributed by atoms with Gasteiger partial charge in [-0.05, 0) is 35.4 Å². The van der Waals surface area contributed by atoms with Crippen molar-refractivity contribution in [2.75, 3.05) is 5.32 Å². The first-order valence-corrected chi connectivity index (χ1v) is 9.34. The summed E-state index contributed by atoms with van der Waals surface area (Å²) >= 11 is 6.21. The molecule has 1 N–H and O–H groups in total. The number of imide groups is 1. The van der Waals surface area contributed by atoms with E-state index in [0.29, 0.717) is 21.8 Å². The van der Waals surface area contributed by atoms with Crippen molar-refractivity contribution in [2.45, 2.75) is 6.54 Å². The fraction of sp³-hybridized carbons (Fsp3) is 0.0435. The zero-order valence-electron chi connectivity index (χ0n) is 15.2. The minimum atomic E-state index is -0.488. The van der Waals surface area contributed by atoms with E-state index in [1.165, 1.54) is 18.2 Å². The Morgan fingerprint density at radius 2 is 1.59 bits per heavy atom. The van der Waals surface area contributed by atoms with Gasteiger partial charge in [-0.15, -0.1) is 0 Å². The predicted molar refractivity (Wildman–Crippen MR) is 110 cm³/mol. The lowest BCUT2D eigenvalue weighted by Gasteiger charge is -2.16. The van der Waals surface area contributed by atoms with Gasteiger partial charge in [0.05, 0.1) is 12.1 Å². The van der Waals surface area contributed by atoms with Gasteiger partial charge in [0, 0.05) is 10.7 Å². The molecule has 0 radical (unpaired) electrons. The Morgan fingerprint density at radius 3 is 2.31 bits per heavy atom. The van der Waals surface area contributed by atoms with Crippen molar-refractivity contribution in [1.29, 1.82) is 0 Å². The lowest BCUT2D eigenvalue weighted by molar-refractivity contribution is -0.137. The molecule has 2 amide bonds. The van der Waals surface area contributed by atoms with Crippen molar-refractivity contribution in [3.8, 4) is 0 Å². The molecule has 0 atom stereocenters. The minimum Gasteiger partial charge on any atom is -0.350 e. The van der Waals surface area contributed by atoms with E-state index in [1.807, 2.05) is 6.07 Å². The zero-order chi connectivity index (χ0) is 20.4. The Kier molecular flexibility index (Phi) is 5.14. The summed E-state index contributed by atoms with van der Waals surface area (Å²) in [5.41, 5.74) is 2.00. The second-order valence-corrected chi connectivity index (χ2v) is 6.95. The maximum absolute atomic E-state index is 13.6. The maximum atomic E-state index is 13.6. The van der Waals surface area contributed by atoms with Crippen molar-refractivity contribution in [2.24, 2.45) is 0 Å². The molecular weight excluding hydrogens is 391 g/mol. The number of nitrogens with one attached hydrogen (secondary N) is 1. The Hall–Kier alpha value is -3.44. The van der Waals surface area contributed by atoms with E-state index >= 15 is 0 Å². The highest BCUT2D eigenvalue weighted by molar-refractivity contribution is 6.36. The van der Waals surface area contributed by atoms with Crippen LogP contribution in [0, 0.1) is 5.82 Å². The van der Waals surface area contributed by atoms with E-state index in [4.69, 9.17) is 11.6 Å². The van der Waals surface area contributed by atoms with E-state index in [1.54, 1.807) is 54.6 Å². The lowest BCUT2D eigenvalue weighted by Crippen LogP contribution is -2.32. The van der Waals surface area contributed by atoms with Gasteiger partial charge in [-0.2, -0.15) is 0 Å². The van der Waals surface area contributed by atoms with Crippen LogP contribution in [0.25, 0.3) is 5.57 Å². The van der Waals surface area contributed by atoms with Crippen molar-refractivity contribution in [3.05, 3.63) is 107 Å². The number of carbonyl (C=O) groups is 2. The predicted octanol–water partition coefficient (Wildman–Crippen LogP) is 4.87. The number of carbonyl (C=O) groups excluding carboxylic acids is 2. The topological polar surface area (TPSA) is 49.4 Å².